The van der Waals surface area contributed by atoms with Crippen molar-refractivity contribution in [3.63, 3.8) is 0 Å². The van der Waals surface area contributed by atoms with E-state index in [0.717, 1.165) is 6.42 Å². The molecule has 0 fully saturated rings. The number of hydrogen-bond donors (Lipinski definition) is 3. The molecule has 3 N–H and O–H groups in total. The van der Waals surface area contributed by atoms with Gasteiger partial charge in [0.2, 0.25) is 0 Å². The Morgan fingerprint density at radius 3 is 2.30 bits per heavy atom. The summed E-state index contributed by atoms with van der Waals surface area (Å²) in [6, 6.07) is -0.843. The van der Waals surface area contributed by atoms with Crippen LogP contribution in [0.3, 0.4) is 0 Å². The van der Waals surface area contributed by atoms with Crippen LogP contribution >= 0.6 is 0 Å². The van der Waals surface area contributed by atoms with Crippen molar-refractivity contribution in [3.05, 3.63) is 0 Å². The predicted octanol–water partition coefficient (Wildman–Crippen LogP) is 0.464. The third-order valence-corrected chi connectivity index (χ3v) is 1.62. The molecular weight excluding hydrogens is 134 g/mol. The zero-order chi connectivity index (χ0) is 8.15. The lowest BCUT2D eigenvalue weighted by Crippen LogP contribution is -2.39. The second-order valence-electron chi connectivity index (χ2n) is 2.33. The quantitative estimate of drug-likeness (QED) is 0.505. The Hall–Kier alpha value is -0.610. The summed E-state index contributed by atoms with van der Waals surface area (Å²) in [6.45, 7) is 3.64. The molecule has 0 aromatic carbocycles. The number of carboxylic acids is 1. The van der Waals surface area contributed by atoms with E-state index in [1.807, 2.05) is 6.92 Å². The van der Waals surface area contributed by atoms with E-state index < -0.39 is 12.0 Å². The lowest BCUT2D eigenvalue weighted by Gasteiger charge is -2.15. The van der Waals surface area contributed by atoms with Gasteiger partial charge in [0.05, 0.1) is 0 Å². The Bertz CT molecular complexity index is 116. The van der Waals surface area contributed by atoms with Crippen LogP contribution in [0.15, 0.2) is 0 Å². The highest BCUT2D eigenvalue weighted by Crippen LogP contribution is 2.06. The van der Waals surface area contributed by atoms with Gasteiger partial charge in [-0.05, 0) is 5.92 Å². The fourth-order valence-electron chi connectivity index (χ4n) is 0.662. The number of carboxylic acid groups (broad SMARTS) is 1. The maximum atomic E-state index is 10.3. The van der Waals surface area contributed by atoms with Crippen molar-refractivity contribution in [2.75, 3.05) is 0 Å². The van der Waals surface area contributed by atoms with Crippen LogP contribution in [0.2, 0.25) is 0 Å². The van der Waals surface area contributed by atoms with Crippen LogP contribution in [0.4, 0.5) is 0 Å². The zero-order valence-corrected chi connectivity index (χ0v) is 6.16. The van der Waals surface area contributed by atoms with Crippen LogP contribution < -0.4 is 5.48 Å². The number of aliphatic carboxylic acids is 1. The highest BCUT2D eigenvalue weighted by atomic mass is 16.5. The van der Waals surface area contributed by atoms with E-state index in [1.165, 1.54) is 0 Å². The molecule has 0 aromatic rings. The van der Waals surface area contributed by atoms with Gasteiger partial charge < -0.3 is 10.3 Å². The van der Waals surface area contributed by atoms with Crippen LogP contribution in [-0.2, 0) is 4.79 Å². The maximum Gasteiger partial charge on any atom is 0.323 e. The van der Waals surface area contributed by atoms with Crippen LogP contribution in [0, 0.1) is 5.92 Å². The highest BCUT2D eigenvalue weighted by Gasteiger charge is 2.21. The average Bonchev–Trinajstić information content (AvgIpc) is 1.88. The molecule has 10 heavy (non-hydrogen) atoms. The molecule has 0 aliphatic heterocycles. The Labute approximate surface area is 59.8 Å². The summed E-state index contributed by atoms with van der Waals surface area (Å²) in [4.78, 5) is 10.3. The number of hydroxylamine groups is 1. The second-order valence-corrected chi connectivity index (χ2v) is 2.33. The van der Waals surface area contributed by atoms with Crippen molar-refractivity contribution < 1.29 is 15.1 Å². The first kappa shape index (κ1) is 9.39. The van der Waals surface area contributed by atoms with Gasteiger partial charge >= 0.3 is 5.97 Å². The number of hydrogen-bond acceptors (Lipinski definition) is 3. The maximum absolute atomic E-state index is 10.3. The Morgan fingerprint density at radius 2 is 2.20 bits per heavy atom. The molecule has 0 radical (unpaired) electrons. The summed E-state index contributed by atoms with van der Waals surface area (Å²) >= 11 is 0. The lowest BCUT2D eigenvalue weighted by atomic mass is 10.0. The summed E-state index contributed by atoms with van der Waals surface area (Å²) in [5.41, 5.74) is 1.75. The van der Waals surface area contributed by atoms with E-state index in [1.54, 1.807) is 12.4 Å². The Morgan fingerprint density at radius 1 is 1.70 bits per heavy atom. The number of rotatable bonds is 4. The summed E-state index contributed by atoms with van der Waals surface area (Å²) in [7, 11) is 0. The molecule has 0 unspecified atom stereocenters. The van der Waals surface area contributed by atoms with Crippen molar-refractivity contribution in [2.24, 2.45) is 5.92 Å². The van der Waals surface area contributed by atoms with Gasteiger partial charge in [0.15, 0.2) is 0 Å². The summed E-state index contributed by atoms with van der Waals surface area (Å²) in [6.07, 6.45) is 0.727. The number of nitrogens with one attached hydrogen (secondary N) is 1. The molecule has 2 atom stereocenters. The SMILES string of the molecule is CC[C@H](C)[C@H](NO)C(=O)O. The molecule has 0 aliphatic carbocycles. The molecule has 0 spiro atoms. The molecule has 0 amide bonds. The van der Waals surface area contributed by atoms with E-state index in [9.17, 15) is 4.79 Å². The van der Waals surface area contributed by atoms with Crippen molar-refractivity contribution in [1.29, 1.82) is 0 Å². The van der Waals surface area contributed by atoms with E-state index in [2.05, 4.69) is 0 Å². The van der Waals surface area contributed by atoms with Gasteiger partial charge in [-0.3, -0.25) is 4.79 Å². The molecule has 0 aliphatic rings. The third-order valence-electron chi connectivity index (χ3n) is 1.62. The fourth-order valence-corrected chi connectivity index (χ4v) is 0.662. The second kappa shape index (κ2) is 4.24. The molecule has 0 aromatic heterocycles. The van der Waals surface area contributed by atoms with E-state index in [4.69, 9.17) is 10.3 Å². The Balaban J connectivity index is 3.92. The molecule has 0 rings (SSSR count). The van der Waals surface area contributed by atoms with Crippen molar-refractivity contribution in [1.82, 2.24) is 5.48 Å². The fraction of sp³-hybridized carbons (Fsp3) is 0.833. The van der Waals surface area contributed by atoms with Gasteiger partial charge in [0.1, 0.15) is 6.04 Å². The van der Waals surface area contributed by atoms with Crippen molar-refractivity contribution in [3.8, 4) is 0 Å². The van der Waals surface area contributed by atoms with Crippen LogP contribution in [0.1, 0.15) is 20.3 Å². The average molecular weight is 147 g/mol. The van der Waals surface area contributed by atoms with E-state index in [-0.39, 0.29) is 5.92 Å². The smallest absolute Gasteiger partial charge is 0.323 e. The zero-order valence-electron chi connectivity index (χ0n) is 6.16. The molecule has 0 heterocycles. The minimum atomic E-state index is -1.02. The molecular formula is C6H13NO3. The summed E-state index contributed by atoms with van der Waals surface area (Å²) in [5.74, 6) is -1.07. The molecule has 0 saturated carbocycles. The van der Waals surface area contributed by atoms with Crippen molar-refractivity contribution in [2.45, 2.75) is 26.3 Å². The summed E-state index contributed by atoms with van der Waals surface area (Å²) in [5, 5.41) is 16.8. The van der Waals surface area contributed by atoms with Gasteiger partial charge in [0.25, 0.3) is 0 Å². The lowest BCUT2D eigenvalue weighted by molar-refractivity contribution is -0.144. The van der Waals surface area contributed by atoms with E-state index in [0.29, 0.717) is 0 Å². The third kappa shape index (κ3) is 2.33. The van der Waals surface area contributed by atoms with Gasteiger partial charge in [-0.2, -0.15) is 5.48 Å². The van der Waals surface area contributed by atoms with Gasteiger partial charge in [-0.15, -0.1) is 0 Å². The first-order valence-electron chi connectivity index (χ1n) is 3.25. The number of carbonyl (C=O) groups is 1. The van der Waals surface area contributed by atoms with Crippen molar-refractivity contribution >= 4 is 5.97 Å². The summed E-state index contributed by atoms with van der Waals surface area (Å²) < 4.78 is 0. The normalized spacial score (nSPS) is 16.3. The monoisotopic (exact) mass is 147 g/mol. The minimum absolute atomic E-state index is 0.0532. The molecule has 60 valence electrons. The highest BCUT2D eigenvalue weighted by molar-refractivity contribution is 5.73. The standard InChI is InChI=1S/C6H13NO3/c1-3-4(2)5(7-10)6(8)9/h4-5,7,10H,3H2,1-2H3,(H,8,9)/t4-,5-/m0/s1. The minimum Gasteiger partial charge on any atom is -0.480 e. The van der Waals surface area contributed by atoms with Crippen LogP contribution in [-0.4, -0.2) is 22.3 Å². The van der Waals surface area contributed by atoms with Crippen LogP contribution in [0.25, 0.3) is 0 Å². The van der Waals surface area contributed by atoms with Crippen LogP contribution in [0.5, 0.6) is 0 Å². The van der Waals surface area contributed by atoms with Gasteiger partial charge in [0, 0.05) is 0 Å². The topological polar surface area (TPSA) is 69.6 Å². The molecule has 0 saturated heterocycles. The van der Waals surface area contributed by atoms with E-state index >= 15 is 0 Å². The first-order valence-corrected chi connectivity index (χ1v) is 3.25. The van der Waals surface area contributed by atoms with Gasteiger partial charge in [-0.25, -0.2) is 0 Å². The Kier molecular flexibility index (Phi) is 3.99. The molecule has 0 bridgehead atoms. The predicted molar refractivity (Wildman–Crippen MR) is 35.8 cm³/mol. The largest absolute Gasteiger partial charge is 0.480 e. The first-order chi connectivity index (χ1) is 4.63. The van der Waals surface area contributed by atoms with Gasteiger partial charge in [-0.1, -0.05) is 20.3 Å². The molecule has 4 heteroatoms. The molecule has 4 nitrogen and oxygen atoms in total.